The van der Waals surface area contributed by atoms with E-state index in [4.69, 9.17) is 0 Å². The van der Waals surface area contributed by atoms with Crippen LogP contribution in [-0.4, -0.2) is 22.8 Å². The third-order valence-corrected chi connectivity index (χ3v) is 3.47. The lowest BCUT2D eigenvalue weighted by atomic mass is 10.1. The summed E-state index contributed by atoms with van der Waals surface area (Å²) in [5, 5.41) is 13.3. The SMILES string of the molecule is O[C@@H]1Cc2ccccc2[C@@H]1Nc1ccc(OC(F)F)cn1. The number of aliphatic hydroxyl groups excluding tert-OH is 1. The van der Waals surface area contributed by atoms with Crippen molar-refractivity contribution < 1.29 is 18.6 Å². The first-order valence-corrected chi connectivity index (χ1v) is 6.57. The average molecular weight is 292 g/mol. The lowest BCUT2D eigenvalue weighted by Gasteiger charge is -2.18. The molecule has 0 unspecified atom stereocenters. The second-order valence-electron chi connectivity index (χ2n) is 4.85. The molecule has 0 aliphatic heterocycles. The molecule has 0 saturated heterocycles. The molecule has 6 heteroatoms. The number of aliphatic hydroxyl groups is 1. The van der Waals surface area contributed by atoms with E-state index in [1.165, 1.54) is 12.3 Å². The van der Waals surface area contributed by atoms with Crippen molar-refractivity contribution in [2.75, 3.05) is 5.32 Å². The Hall–Kier alpha value is -2.21. The van der Waals surface area contributed by atoms with Gasteiger partial charge in [0.15, 0.2) is 0 Å². The van der Waals surface area contributed by atoms with Gasteiger partial charge < -0.3 is 15.2 Å². The minimum Gasteiger partial charge on any atom is -0.433 e. The van der Waals surface area contributed by atoms with Crippen molar-refractivity contribution >= 4 is 5.82 Å². The fourth-order valence-electron chi connectivity index (χ4n) is 2.55. The van der Waals surface area contributed by atoms with Crippen molar-refractivity contribution in [3.05, 3.63) is 53.7 Å². The third-order valence-electron chi connectivity index (χ3n) is 3.47. The van der Waals surface area contributed by atoms with Crippen LogP contribution in [0.1, 0.15) is 17.2 Å². The van der Waals surface area contributed by atoms with E-state index < -0.39 is 12.7 Å². The molecule has 2 N–H and O–H groups in total. The summed E-state index contributed by atoms with van der Waals surface area (Å²) >= 11 is 0. The molecule has 1 aliphatic carbocycles. The predicted octanol–water partition coefficient (Wildman–Crippen LogP) is 2.75. The van der Waals surface area contributed by atoms with Crippen LogP contribution in [0.3, 0.4) is 0 Å². The van der Waals surface area contributed by atoms with Gasteiger partial charge in [-0.05, 0) is 23.3 Å². The fraction of sp³-hybridized carbons (Fsp3) is 0.267. The summed E-state index contributed by atoms with van der Waals surface area (Å²) in [4.78, 5) is 4.02. The number of anilines is 1. The van der Waals surface area contributed by atoms with Crippen molar-refractivity contribution in [3.63, 3.8) is 0 Å². The number of alkyl halides is 2. The molecule has 0 saturated carbocycles. The number of aromatic nitrogens is 1. The highest BCUT2D eigenvalue weighted by Gasteiger charge is 2.30. The minimum absolute atomic E-state index is 0.00270. The number of benzene rings is 1. The first-order chi connectivity index (χ1) is 10.1. The van der Waals surface area contributed by atoms with E-state index in [-0.39, 0.29) is 11.8 Å². The molecule has 1 heterocycles. The van der Waals surface area contributed by atoms with Crippen molar-refractivity contribution in [2.24, 2.45) is 0 Å². The number of halogens is 2. The van der Waals surface area contributed by atoms with Crippen LogP contribution in [0.25, 0.3) is 0 Å². The highest BCUT2D eigenvalue weighted by atomic mass is 19.3. The molecule has 1 aromatic heterocycles. The molecule has 3 rings (SSSR count). The summed E-state index contributed by atoms with van der Waals surface area (Å²) < 4.78 is 28.4. The molecular formula is C15H14F2N2O2. The number of pyridine rings is 1. The standard InChI is InChI=1S/C15H14F2N2O2/c16-15(17)21-10-5-6-13(18-8-10)19-14-11-4-2-1-3-9(11)7-12(14)20/h1-6,8,12,14-15,20H,7H2,(H,18,19)/t12-,14+/m1/s1. The maximum absolute atomic E-state index is 12.1. The van der Waals surface area contributed by atoms with Crippen LogP contribution in [0.15, 0.2) is 42.6 Å². The van der Waals surface area contributed by atoms with E-state index >= 15 is 0 Å². The van der Waals surface area contributed by atoms with Gasteiger partial charge in [0.2, 0.25) is 0 Å². The molecular weight excluding hydrogens is 278 g/mol. The summed E-state index contributed by atoms with van der Waals surface area (Å²) in [5.74, 6) is 0.500. The Morgan fingerprint density at radius 1 is 1.24 bits per heavy atom. The highest BCUT2D eigenvalue weighted by molar-refractivity contribution is 5.46. The maximum atomic E-state index is 12.1. The molecule has 4 nitrogen and oxygen atoms in total. The Kier molecular flexibility index (Phi) is 3.70. The molecule has 2 aromatic rings. The van der Waals surface area contributed by atoms with Crippen LogP contribution in [0.2, 0.25) is 0 Å². The molecule has 0 spiro atoms. The Balaban J connectivity index is 1.75. The van der Waals surface area contributed by atoms with E-state index in [1.807, 2.05) is 24.3 Å². The number of ether oxygens (including phenoxy) is 1. The van der Waals surface area contributed by atoms with Crippen LogP contribution in [0, 0.1) is 0 Å². The van der Waals surface area contributed by atoms with Gasteiger partial charge in [0, 0.05) is 6.42 Å². The lowest BCUT2D eigenvalue weighted by Crippen LogP contribution is -2.21. The van der Waals surface area contributed by atoms with Gasteiger partial charge in [0.1, 0.15) is 11.6 Å². The predicted molar refractivity (Wildman–Crippen MR) is 73.4 cm³/mol. The fourth-order valence-corrected chi connectivity index (χ4v) is 2.55. The molecule has 0 fully saturated rings. The summed E-state index contributed by atoms with van der Waals surface area (Å²) in [5.41, 5.74) is 2.12. The topological polar surface area (TPSA) is 54.4 Å². The van der Waals surface area contributed by atoms with Gasteiger partial charge in [0.25, 0.3) is 0 Å². The molecule has 1 aromatic carbocycles. The summed E-state index contributed by atoms with van der Waals surface area (Å²) in [6, 6.07) is 10.5. The first kappa shape index (κ1) is 13.8. The molecule has 0 radical (unpaired) electrons. The van der Waals surface area contributed by atoms with E-state index in [1.54, 1.807) is 6.07 Å². The van der Waals surface area contributed by atoms with E-state index in [0.717, 1.165) is 11.1 Å². The Bertz CT molecular complexity index is 619. The molecule has 0 amide bonds. The van der Waals surface area contributed by atoms with Crippen LogP contribution in [-0.2, 0) is 6.42 Å². The second kappa shape index (κ2) is 5.65. The number of hydrogen-bond donors (Lipinski definition) is 2. The molecule has 2 atom stereocenters. The maximum Gasteiger partial charge on any atom is 0.387 e. The summed E-state index contributed by atoms with van der Waals surface area (Å²) in [7, 11) is 0. The van der Waals surface area contributed by atoms with Crippen molar-refractivity contribution in [2.45, 2.75) is 25.2 Å². The van der Waals surface area contributed by atoms with Crippen molar-refractivity contribution in [3.8, 4) is 5.75 Å². The minimum atomic E-state index is -2.87. The van der Waals surface area contributed by atoms with Crippen LogP contribution < -0.4 is 10.1 Å². The number of nitrogens with one attached hydrogen (secondary N) is 1. The van der Waals surface area contributed by atoms with Gasteiger partial charge in [-0.15, -0.1) is 0 Å². The van der Waals surface area contributed by atoms with Gasteiger partial charge in [0.05, 0.1) is 18.3 Å². The van der Waals surface area contributed by atoms with Gasteiger partial charge >= 0.3 is 6.61 Å². The third kappa shape index (κ3) is 2.95. The molecule has 21 heavy (non-hydrogen) atoms. The Morgan fingerprint density at radius 2 is 2.05 bits per heavy atom. The second-order valence-corrected chi connectivity index (χ2v) is 4.85. The summed E-state index contributed by atoms with van der Waals surface area (Å²) in [6.45, 7) is -2.87. The number of rotatable bonds is 4. The van der Waals surface area contributed by atoms with Gasteiger partial charge in [-0.3, -0.25) is 0 Å². The van der Waals surface area contributed by atoms with Crippen molar-refractivity contribution in [1.29, 1.82) is 0 Å². The first-order valence-electron chi connectivity index (χ1n) is 6.57. The zero-order chi connectivity index (χ0) is 14.8. The largest absolute Gasteiger partial charge is 0.433 e. The van der Waals surface area contributed by atoms with Crippen LogP contribution in [0.5, 0.6) is 5.75 Å². The van der Waals surface area contributed by atoms with Crippen LogP contribution in [0.4, 0.5) is 14.6 Å². The van der Waals surface area contributed by atoms with Gasteiger partial charge in [-0.2, -0.15) is 8.78 Å². The van der Waals surface area contributed by atoms with E-state index in [9.17, 15) is 13.9 Å². The Morgan fingerprint density at radius 3 is 2.76 bits per heavy atom. The molecule has 1 aliphatic rings. The summed E-state index contributed by atoms with van der Waals surface area (Å²) in [6.07, 6.45) is 1.27. The Labute approximate surface area is 120 Å². The smallest absolute Gasteiger partial charge is 0.387 e. The quantitative estimate of drug-likeness (QED) is 0.910. The monoisotopic (exact) mass is 292 g/mol. The average Bonchev–Trinajstić information content (AvgIpc) is 2.77. The lowest BCUT2D eigenvalue weighted by molar-refractivity contribution is -0.0500. The highest BCUT2D eigenvalue weighted by Crippen LogP contribution is 2.33. The normalized spacial score (nSPS) is 20.4. The van der Waals surface area contributed by atoms with Crippen molar-refractivity contribution in [1.82, 2.24) is 4.98 Å². The van der Waals surface area contributed by atoms with Gasteiger partial charge in [-0.25, -0.2) is 4.98 Å². The molecule has 110 valence electrons. The number of nitrogens with zero attached hydrogens (tertiary/aromatic N) is 1. The zero-order valence-electron chi connectivity index (χ0n) is 11.0. The van der Waals surface area contributed by atoms with Gasteiger partial charge in [-0.1, -0.05) is 24.3 Å². The van der Waals surface area contributed by atoms with E-state index in [2.05, 4.69) is 15.0 Å². The molecule has 0 bridgehead atoms. The number of fused-ring (bicyclic) bond motifs is 1. The zero-order valence-corrected chi connectivity index (χ0v) is 11.0. The van der Waals surface area contributed by atoms with Crippen LogP contribution >= 0.6 is 0 Å². The number of hydrogen-bond acceptors (Lipinski definition) is 4. The van der Waals surface area contributed by atoms with E-state index in [0.29, 0.717) is 12.2 Å².